The van der Waals surface area contributed by atoms with E-state index in [1.165, 1.54) is 87.0 Å². The summed E-state index contributed by atoms with van der Waals surface area (Å²) in [6.45, 7) is 11.6. The number of anilines is 3. The monoisotopic (exact) mass is 2520 g/mol. The summed E-state index contributed by atoms with van der Waals surface area (Å²) in [4.78, 5) is 2.31. The number of ether oxygens (including phenoxy) is 1. The van der Waals surface area contributed by atoms with E-state index < -0.39 is 0 Å². The van der Waals surface area contributed by atoms with Gasteiger partial charge in [-0.3, -0.25) is 4.90 Å². The van der Waals surface area contributed by atoms with Gasteiger partial charge in [0.15, 0.2) is 0 Å². The second-order valence-corrected chi connectivity index (χ2v) is 27.9. The number of nitrogens with zero attached hydrogens (tertiary/aromatic N) is 29. The Kier molecular flexibility index (Phi) is 113. The molecular formula is C76H97Cu3N43OS14Zn4. The molecule has 1 fully saturated rings. The molecule has 65 heteroatoms. The van der Waals surface area contributed by atoms with Gasteiger partial charge in [0.25, 0.3) is 0 Å². The topological polar surface area (TPSA) is 527 Å². The van der Waals surface area contributed by atoms with Gasteiger partial charge in [-0.2, -0.15) is 143 Å². The molecule has 1 aliphatic rings. The molecule has 0 atom stereocenters. The fourth-order valence-electron chi connectivity index (χ4n) is 7.10. The first-order chi connectivity index (χ1) is 65.0. The zero-order valence-electron chi connectivity index (χ0n) is 76.9. The Bertz CT molecular complexity index is 4760. The summed E-state index contributed by atoms with van der Waals surface area (Å²) in [5, 5.41) is 147. The van der Waals surface area contributed by atoms with Crippen molar-refractivity contribution in [2.24, 2.45) is 143 Å². The summed E-state index contributed by atoms with van der Waals surface area (Å²) in [6, 6.07) is 48.2. The molecule has 0 saturated carbocycles. The van der Waals surface area contributed by atoms with Crippen LogP contribution in [0.4, 0.5) is 17.1 Å². The smallest absolute Gasteiger partial charge is 0.741 e. The van der Waals surface area contributed by atoms with Crippen molar-refractivity contribution < 1.29 is 134 Å². The van der Waals surface area contributed by atoms with Crippen LogP contribution in [0, 0.1) is 0 Å². The summed E-state index contributed by atoms with van der Waals surface area (Å²) < 4.78 is 5.28. The summed E-state index contributed by atoms with van der Waals surface area (Å²) in [5.41, 5.74) is 4.81. The number of morpholine rings is 1. The van der Waals surface area contributed by atoms with Crippen molar-refractivity contribution in [2.45, 2.75) is 26.9 Å². The Morgan fingerprint density at radius 2 is 0.433 bits per heavy atom. The summed E-state index contributed by atoms with van der Waals surface area (Å²) in [7, 11) is 10.0. The van der Waals surface area contributed by atoms with Crippen molar-refractivity contribution in [3.63, 3.8) is 0 Å². The van der Waals surface area contributed by atoms with Gasteiger partial charge in [0.1, 0.15) is 0 Å². The quantitative estimate of drug-likeness (QED) is 0.00936. The van der Waals surface area contributed by atoms with E-state index in [0.29, 0.717) is 76.5 Å². The maximum atomic E-state index is 5.28. The Balaban J connectivity index is -0.000000242. The fraction of sp³-hybridized carbons (Fsp3) is 0.237. The number of rotatable bonds is 33. The SMILES string of the molecule is CCNC([S-])=NN=CC=NN=C([S-])NC.CCNC([S-])=NN=CC=NN=C([S-])Nc1ccccc1.CNC([S-])=NN=CC=NN=C([S-])NCCN1CCOCC1.CNC([S-])=NN=CC=NN=C([S-])NCc1ccccc1.CNC([S-])=NN=CC=NN=C([S-])NCc1ccccc1.CNC([S-])=NN=CC=NN=C([S-])Nc1ccccc1.CNC([S-])=NN=CC=NN=C([S-])Nc1ccccc1.[Cu+2].[Cu+2].[Cu+2].[Zn+2].[Zn+2].[Zn+2].[Zn+2]. The molecule has 0 amide bonds. The molecule has 3 radical (unpaired) electrons. The number of para-hydroxylation sites is 3. The van der Waals surface area contributed by atoms with Crippen molar-refractivity contribution >= 4 is 353 Å². The Labute approximate surface area is 982 Å². The average Bonchev–Trinajstić information content (AvgIpc) is 0.956. The zero-order valence-corrected chi connectivity index (χ0v) is 103. The fourth-order valence-corrected chi connectivity index (χ4v) is 8.65. The molecule has 6 rings (SSSR count). The van der Waals surface area contributed by atoms with Gasteiger partial charge in [-0.05, 0) is 118 Å². The first kappa shape index (κ1) is 147. The van der Waals surface area contributed by atoms with E-state index >= 15 is 0 Å². The van der Waals surface area contributed by atoms with Crippen LogP contribution in [0.1, 0.15) is 25.0 Å². The van der Waals surface area contributed by atoms with Crippen LogP contribution in [0.25, 0.3) is 0 Å². The van der Waals surface area contributed by atoms with Gasteiger partial charge in [0.2, 0.25) is 0 Å². The third kappa shape index (κ3) is 99.6. The Morgan fingerprint density at radius 3 is 0.631 bits per heavy atom. The summed E-state index contributed by atoms with van der Waals surface area (Å²) >= 11 is 68.2. The normalized spacial score (nSPS) is 13.3. The first-order valence-corrected chi connectivity index (χ1v) is 44.2. The molecule has 0 bridgehead atoms. The van der Waals surface area contributed by atoms with Crippen LogP contribution in [0.3, 0.4) is 0 Å². The molecular weight excluding hydrogens is 2430 g/mol. The number of benzene rings is 5. The van der Waals surface area contributed by atoms with E-state index in [2.05, 4.69) is 222 Å². The molecule has 1 heterocycles. The number of nitrogens with one attached hydrogen (secondary N) is 14. The largest absolute Gasteiger partial charge is 2.00 e. The van der Waals surface area contributed by atoms with Gasteiger partial charge in [0.05, 0.1) is 100 Å². The molecule has 5 aromatic carbocycles. The minimum absolute atomic E-state index is 0. The van der Waals surface area contributed by atoms with Crippen LogP contribution >= 0.6 is 0 Å². The van der Waals surface area contributed by atoms with Gasteiger partial charge in [-0.15, -0.1) is 0 Å². The molecule has 1 saturated heterocycles. The van der Waals surface area contributed by atoms with E-state index in [-0.39, 0.29) is 145 Å². The molecule has 0 aromatic heterocycles. The summed E-state index contributed by atoms with van der Waals surface area (Å²) in [6.07, 6.45) is 19.2. The third-order valence-electron chi connectivity index (χ3n) is 12.9. The molecule has 0 aliphatic carbocycles. The van der Waals surface area contributed by atoms with Crippen LogP contribution in [-0.4, -0.2) is 259 Å². The van der Waals surface area contributed by atoms with Crippen LogP contribution in [0.15, 0.2) is 294 Å². The van der Waals surface area contributed by atoms with Crippen molar-refractivity contribution in [1.29, 1.82) is 0 Å². The van der Waals surface area contributed by atoms with Crippen molar-refractivity contribution in [2.75, 3.05) is 111 Å². The van der Waals surface area contributed by atoms with Gasteiger partial charge in [-0.25, -0.2) is 0 Å². The maximum absolute atomic E-state index is 5.28. The molecule has 0 unspecified atom stereocenters. The zero-order chi connectivity index (χ0) is 98.6. The predicted molar refractivity (Wildman–Crippen MR) is 600 cm³/mol. The van der Waals surface area contributed by atoms with Crippen molar-refractivity contribution in [1.82, 2.24) is 63.4 Å². The van der Waals surface area contributed by atoms with Gasteiger partial charge in [-0.1, -0.05) is 115 Å². The maximum Gasteiger partial charge on any atom is 2.00 e. The molecule has 1 aliphatic heterocycles. The van der Waals surface area contributed by atoms with E-state index in [1.54, 1.807) is 42.3 Å². The van der Waals surface area contributed by atoms with Crippen LogP contribution in [0.5, 0.6) is 0 Å². The standard InChI is InChI=1S/3C12H16N6S2.C11H21N7OS2.2C11H14N6S2.C7H14N6S2.3Cu.4Zn/c2*1-13-11(19)17-15-7-8-16-18-12(20)14-9-10-5-3-2-4-6-10;1-2-13-11(19)17-14-8-9-15-18-12(20)16-10-6-4-3-5-7-10;1-12-10(20)16-14-2-3-15-17-11(21)13-4-5-18-6-8-19-9-7-18;2*1-12-10(18)16-13-7-8-14-17-11(19)15-9-5-3-2-4-6-9;1-3-9-7(15)13-11-5-4-10-12-6(14)8-2;;;;;;;/h2*2-8H,9H2,1H3,(H2,13,17,19)(H2,14,18,20);3-9H,2H2,1H3,(H2,13,17,19)(H2,16,18,20);2-3H,4-9H2,1H3,(H2,12,16,20)(H2,13,17,21);2*2-8H,1H3,(H2,12,16,18)(H2,15,17,19);4-5H,3H2,1-2H3,(H2,8,12,14)(H2,9,13,15);;;;;;;/q;;;;;;;7*+2/p-14. The van der Waals surface area contributed by atoms with E-state index in [4.69, 9.17) is 182 Å². The molecule has 747 valence electrons. The molecule has 44 nitrogen and oxygen atoms in total. The van der Waals surface area contributed by atoms with E-state index in [0.717, 1.165) is 74.1 Å². The second-order valence-electron chi connectivity index (χ2n) is 22.5. The van der Waals surface area contributed by atoms with E-state index in [1.807, 2.05) is 166 Å². The third-order valence-corrected chi connectivity index (χ3v) is 16.3. The van der Waals surface area contributed by atoms with Gasteiger partial charge >= 0.3 is 129 Å². The number of hydrogen-bond donors (Lipinski definition) is 14. The molecule has 14 N–H and O–H groups in total. The number of amidine groups is 14. The van der Waals surface area contributed by atoms with Crippen LogP contribution in [-0.2, 0) is 324 Å². The minimum atomic E-state index is 0. The minimum Gasteiger partial charge on any atom is -0.741 e. The second kappa shape index (κ2) is 108. The van der Waals surface area contributed by atoms with Gasteiger partial charge in [0, 0.05) is 127 Å². The summed E-state index contributed by atoms with van der Waals surface area (Å²) in [5.74, 6) is 0. The predicted octanol–water partition coefficient (Wildman–Crippen LogP) is 3.70. The Morgan fingerprint density at radius 1 is 0.255 bits per heavy atom. The van der Waals surface area contributed by atoms with Crippen molar-refractivity contribution in [3.8, 4) is 0 Å². The van der Waals surface area contributed by atoms with Crippen LogP contribution in [0.2, 0.25) is 0 Å². The van der Waals surface area contributed by atoms with Crippen LogP contribution < -0.4 is 74.4 Å². The first-order valence-electron chi connectivity index (χ1n) is 38.5. The number of hydrogen-bond acceptors (Lipinski definition) is 44. The Hall–Kier alpha value is -8.89. The molecule has 141 heavy (non-hydrogen) atoms. The average molecular weight is 2530 g/mol. The van der Waals surface area contributed by atoms with Crippen molar-refractivity contribution in [3.05, 3.63) is 163 Å². The van der Waals surface area contributed by atoms with E-state index in [9.17, 15) is 0 Å². The molecule has 5 aromatic rings. The molecule has 0 spiro atoms. The van der Waals surface area contributed by atoms with Gasteiger partial charge < -0.3 is 256 Å².